The van der Waals surface area contributed by atoms with Gasteiger partial charge in [0.2, 0.25) is 11.8 Å². The summed E-state index contributed by atoms with van der Waals surface area (Å²) in [5.74, 6) is -0.685. The summed E-state index contributed by atoms with van der Waals surface area (Å²) in [6, 6.07) is 8.16. The first-order valence-electron chi connectivity index (χ1n) is 11.4. The maximum Gasteiger partial charge on any atom is 0.305 e. The van der Waals surface area contributed by atoms with Gasteiger partial charge < -0.3 is 14.4 Å². The van der Waals surface area contributed by atoms with Crippen LogP contribution in [0.5, 0.6) is 5.75 Å². The van der Waals surface area contributed by atoms with Gasteiger partial charge in [0, 0.05) is 29.6 Å². The molecule has 1 saturated heterocycles. The van der Waals surface area contributed by atoms with Crippen LogP contribution in [0.4, 0.5) is 0 Å². The zero-order chi connectivity index (χ0) is 23.9. The summed E-state index contributed by atoms with van der Waals surface area (Å²) in [6.45, 7) is -0.0363. The van der Waals surface area contributed by atoms with Crippen molar-refractivity contribution in [1.29, 1.82) is 0 Å². The number of carboxylic acids is 1. The van der Waals surface area contributed by atoms with E-state index in [0.717, 1.165) is 16.1 Å². The molecular formula is C24H24N2O5S3. The Bertz CT molecular complexity index is 1270. The lowest BCUT2D eigenvalue weighted by atomic mass is 9.68. The number of aromatic nitrogens is 1. The molecule has 3 heterocycles. The molecule has 6 rings (SSSR count). The normalized spacial score (nSPS) is 33.1. The third-order valence-corrected chi connectivity index (χ3v) is 11.6. The second kappa shape index (κ2) is 7.93. The number of thioether (sulfide) groups is 1. The topological polar surface area (TPSA) is 88.8 Å². The van der Waals surface area contributed by atoms with Crippen LogP contribution in [0.25, 0.3) is 0 Å². The van der Waals surface area contributed by atoms with Crippen LogP contribution in [0, 0.1) is 33.5 Å². The number of ether oxygens (including phenoxy) is 1. The number of carbonyl (C=O) groups is 3. The molecule has 1 N–H and O–H groups in total. The Balaban J connectivity index is 1.42. The first-order chi connectivity index (χ1) is 16.3. The molecule has 2 aliphatic heterocycles. The van der Waals surface area contributed by atoms with Gasteiger partial charge in [-0.1, -0.05) is 12.1 Å². The number of carbonyl (C=O) groups excluding carboxylic acids is 2. The molecule has 2 aromatic rings. The number of hydrogen-bond acceptors (Lipinski definition) is 7. The smallest absolute Gasteiger partial charge is 0.305 e. The zero-order valence-corrected chi connectivity index (χ0v) is 21.1. The van der Waals surface area contributed by atoms with Crippen molar-refractivity contribution >= 4 is 53.1 Å². The first-order valence-corrected chi connectivity index (χ1v) is 13.5. The molecule has 0 radical (unpaired) electrons. The second-order valence-electron chi connectivity index (χ2n) is 9.59. The van der Waals surface area contributed by atoms with Crippen molar-refractivity contribution in [3.05, 3.63) is 38.7 Å². The highest BCUT2D eigenvalue weighted by molar-refractivity contribution is 8.00. The van der Waals surface area contributed by atoms with Gasteiger partial charge in [0.15, 0.2) is 3.95 Å². The van der Waals surface area contributed by atoms with Gasteiger partial charge in [-0.3, -0.25) is 19.3 Å². The maximum atomic E-state index is 13.4. The summed E-state index contributed by atoms with van der Waals surface area (Å²) >= 11 is 9.10. The van der Waals surface area contributed by atoms with E-state index >= 15 is 0 Å². The number of hydrogen-bond donors (Lipinski definition) is 1. The van der Waals surface area contributed by atoms with E-state index in [0.29, 0.717) is 0 Å². The number of imide groups is 1. The Morgan fingerprint density at radius 2 is 1.85 bits per heavy atom. The van der Waals surface area contributed by atoms with Crippen LogP contribution in [0.1, 0.15) is 29.2 Å². The summed E-state index contributed by atoms with van der Waals surface area (Å²) in [5.41, 5.74) is 1.18. The van der Waals surface area contributed by atoms with Crippen LogP contribution in [0.3, 0.4) is 0 Å². The monoisotopic (exact) mass is 516 g/mol. The number of likely N-dealkylation sites (tertiary alicyclic amines) is 1. The van der Waals surface area contributed by atoms with Gasteiger partial charge in [0.1, 0.15) is 5.75 Å². The fourth-order valence-electron chi connectivity index (χ4n) is 6.85. The summed E-state index contributed by atoms with van der Waals surface area (Å²) in [6.07, 6.45) is 0.658. The van der Waals surface area contributed by atoms with Crippen LogP contribution in [0.2, 0.25) is 0 Å². The average molecular weight is 517 g/mol. The van der Waals surface area contributed by atoms with E-state index in [1.54, 1.807) is 18.4 Å². The van der Waals surface area contributed by atoms with E-state index < -0.39 is 5.97 Å². The highest BCUT2D eigenvalue weighted by atomic mass is 32.2. The molecular weight excluding hydrogens is 492 g/mol. The Labute approximate surface area is 210 Å². The Hall–Kier alpha value is -2.17. The minimum atomic E-state index is -0.999. The van der Waals surface area contributed by atoms with E-state index in [4.69, 9.17) is 22.1 Å². The van der Waals surface area contributed by atoms with Crippen molar-refractivity contribution in [3.8, 4) is 5.75 Å². The molecule has 10 heteroatoms. The molecule has 3 fully saturated rings. The highest BCUT2D eigenvalue weighted by Crippen LogP contribution is 2.69. The van der Waals surface area contributed by atoms with Gasteiger partial charge in [0.25, 0.3) is 0 Å². The number of rotatable bonds is 5. The molecule has 2 bridgehead atoms. The molecule has 2 saturated carbocycles. The first kappa shape index (κ1) is 22.3. The van der Waals surface area contributed by atoms with Gasteiger partial charge >= 0.3 is 5.97 Å². The van der Waals surface area contributed by atoms with Gasteiger partial charge in [0.05, 0.1) is 30.4 Å². The van der Waals surface area contributed by atoms with E-state index in [1.807, 2.05) is 30.9 Å². The lowest BCUT2D eigenvalue weighted by Crippen LogP contribution is -2.43. The van der Waals surface area contributed by atoms with Gasteiger partial charge in [-0.25, -0.2) is 0 Å². The third-order valence-electron chi connectivity index (χ3n) is 8.18. The second-order valence-corrected chi connectivity index (χ2v) is 12.4. The largest absolute Gasteiger partial charge is 0.497 e. The number of aliphatic carboxylic acids is 1. The molecule has 7 atom stereocenters. The number of fused-ring (bicyclic) bond motifs is 9. The van der Waals surface area contributed by atoms with Crippen LogP contribution in [0.15, 0.2) is 29.3 Å². The van der Waals surface area contributed by atoms with Gasteiger partial charge in [-0.05, 0) is 54.1 Å². The number of carboxylic acid groups (broad SMARTS) is 1. The van der Waals surface area contributed by atoms with Crippen LogP contribution in [-0.4, -0.2) is 51.3 Å². The van der Waals surface area contributed by atoms with Gasteiger partial charge in [-0.15, -0.1) is 23.1 Å². The molecule has 34 heavy (non-hydrogen) atoms. The lowest BCUT2D eigenvalue weighted by Gasteiger charge is -2.43. The summed E-state index contributed by atoms with van der Waals surface area (Å²) in [4.78, 5) is 40.2. The molecule has 0 unspecified atom stereocenters. The fourth-order valence-corrected chi connectivity index (χ4v) is 10.4. The number of methoxy groups -OCH3 is 1. The standard InChI is InChI=1S/C24H24N2O5S3/c1-25-23-20(34-24(25)32)15(10-3-5-11(31-2)6-4-10)16-12-9-13(19(16)33-23)18-17(12)21(29)26(22(18)30)8-7-14(27)28/h3-6,12-13,15-19H,7-9H2,1-2H3,(H,27,28)/t12-,13+,15+,16+,17+,18+,19-/m0/s1. The van der Waals surface area contributed by atoms with Crippen molar-refractivity contribution in [1.82, 2.24) is 9.47 Å². The molecule has 7 nitrogen and oxygen atoms in total. The minimum Gasteiger partial charge on any atom is -0.497 e. The van der Waals surface area contributed by atoms with E-state index in [1.165, 1.54) is 20.4 Å². The lowest BCUT2D eigenvalue weighted by molar-refractivity contribution is -0.142. The molecule has 2 amide bonds. The summed E-state index contributed by atoms with van der Waals surface area (Å²) in [5, 5.41) is 10.5. The molecule has 0 spiro atoms. The van der Waals surface area contributed by atoms with Gasteiger partial charge in [-0.2, -0.15) is 0 Å². The average Bonchev–Trinajstić information content (AvgIpc) is 3.53. The van der Waals surface area contributed by atoms with Crippen LogP contribution >= 0.6 is 35.3 Å². The molecule has 1 aromatic heterocycles. The molecule has 4 aliphatic rings. The Morgan fingerprint density at radius 1 is 1.18 bits per heavy atom. The van der Waals surface area contributed by atoms with Crippen molar-refractivity contribution in [2.45, 2.75) is 29.0 Å². The van der Waals surface area contributed by atoms with E-state index in [-0.39, 0.29) is 65.5 Å². The Morgan fingerprint density at radius 3 is 2.50 bits per heavy atom. The number of benzene rings is 1. The van der Waals surface area contributed by atoms with Crippen molar-refractivity contribution in [3.63, 3.8) is 0 Å². The third kappa shape index (κ3) is 3.01. The fraction of sp³-hybridized carbons (Fsp3) is 0.500. The quantitative estimate of drug-likeness (QED) is 0.478. The van der Waals surface area contributed by atoms with E-state index in [9.17, 15) is 14.4 Å². The summed E-state index contributed by atoms with van der Waals surface area (Å²) < 4.78 is 8.28. The predicted molar refractivity (Wildman–Crippen MR) is 130 cm³/mol. The number of thiazole rings is 1. The van der Waals surface area contributed by atoms with Crippen LogP contribution < -0.4 is 4.74 Å². The van der Waals surface area contributed by atoms with E-state index in [2.05, 4.69) is 16.7 Å². The zero-order valence-electron chi connectivity index (χ0n) is 18.7. The predicted octanol–water partition coefficient (Wildman–Crippen LogP) is 3.77. The number of amides is 2. The van der Waals surface area contributed by atoms with Crippen molar-refractivity contribution in [2.24, 2.45) is 36.6 Å². The van der Waals surface area contributed by atoms with Crippen molar-refractivity contribution in [2.75, 3.05) is 13.7 Å². The SMILES string of the molecule is COc1ccc([C@H]2c3sc(=S)n(C)c3S[C@H]3[C@@H]4C[C@H]([C@H]5C(=O)N(CCC(=O)O)C(=O)[C@H]45)[C@H]23)cc1. The molecule has 2 aliphatic carbocycles. The number of nitrogens with zero attached hydrogens (tertiary/aromatic N) is 2. The molecule has 1 aromatic carbocycles. The maximum absolute atomic E-state index is 13.4. The Kier molecular flexibility index (Phi) is 5.20. The van der Waals surface area contributed by atoms with Crippen LogP contribution in [-0.2, 0) is 21.4 Å². The minimum absolute atomic E-state index is 0.0363. The van der Waals surface area contributed by atoms with Crippen molar-refractivity contribution < 1.29 is 24.2 Å². The highest BCUT2D eigenvalue weighted by Gasteiger charge is 2.69. The summed E-state index contributed by atoms with van der Waals surface area (Å²) in [7, 11) is 3.65. The molecule has 178 valence electrons.